The van der Waals surface area contributed by atoms with Crippen LogP contribution in [-0.2, 0) is 10.3 Å². The molecule has 1 saturated carbocycles. The smallest absolute Gasteiger partial charge is 0.247 e. The van der Waals surface area contributed by atoms with E-state index in [1.807, 2.05) is 37.3 Å². The van der Waals surface area contributed by atoms with Crippen molar-refractivity contribution < 1.29 is 9.26 Å². The normalized spacial score (nSPS) is 26.1. The van der Waals surface area contributed by atoms with Gasteiger partial charge in [-0.05, 0) is 6.92 Å². The van der Waals surface area contributed by atoms with Crippen LogP contribution in [0.3, 0.4) is 0 Å². The molecule has 2 N–H and O–H groups in total. The molecular weight excluding hydrogens is 302 g/mol. The number of hydrogen-bond donors (Lipinski definition) is 1. The van der Waals surface area contributed by atoms with Crippen molar-refractivity contribution in [1.29, 1.82) is 0 Å². The summed E-state index contributed by atoms with van der Waals surface area (Å²) in [6.45, 7) is 6.85. The average Bonchev–Trinajstić information content (AvgIpc) is 2.98. The summed E-state index contributed by atoms with van der Waals surface area (Å²) in [5, 5.41) is 4.06. The Kier molecular flexibility index (Phi) is 4.61. The molecule has 6 heteroatoms. The molecule has 0 radical (unpaired) electrons. The molecule has 2 unspecified atom stereocenters. The van der Waals surface area contributed by atoms with Crippen LogP contribution in [-0.4, -0.2) is 22.9 Å². The highest BCUT2D eigenvalue weighted by Crippen LogP contribution is 2.55. The van der Waals surface area contributed by atoms with Gasteiger partial charge in [-0.1, -0.05) is 49.3 Å². The minimum absolute atomic E-state index is 0. The Balaban J connectivity index is 0.00000176. The summed E-state index contributed by atoms with van der Waals surface area (Å²) in [7, 11) is 0. The van der Waals surface area contributed by atoms with E-state index < -0.39 is 5.54 Å². The van der Waals surface area contributed by atoms with Crippen molar-refractivity contribution in [2.24, 2.45) is 11.1 Å². The molecule has 0 aliphatic heterocycles. The van der Waals surface area contributed by atoms with E-state index in [4.69, 9.17) is 15.0 Å². The van der Waals surface area contributed by atoms with Gasteiger partial charge in [0.2, 0.25) is 11.7 Å². The molecule has 5 nitrogen and oxygen atoms in total. The van der Waals surface area contributed by atoms with E-state index in [2.05, 4.69) is 24.0 Å². The van der Waals surface area contributed by atoms with E-state index in [0.29, 0.717) is 24.7 Å². The van der Waals surface area contributed by atoms with Gasteiger partial charge in [0, 0.05) is 24.0 Å². The number of rotatable bonds is 4. The van der Waals surface area contributed by atoms with Crippen LogP contribution in [0.5, 0.6) is 0 Å². The number of halogens is 1. The summed E-state index contributed by atoms with van der Waals surface area (Å²) in [5.41, 5.74) is 6.60. The lowest BCUT2D eigenvalue weighted by molar-refractivity contribution is -0.162. The lowest BCUT2D eigenvalue weighted by Gasteiger charge is -2.56. The predicted octanol–water partition coefficient (Wildman–Crippen LogP) is 3.15. The number of nitrogens with zero attached hydrogens (tertiary/aromatic N) is 2. The van der Waals surface area contributed by atoms with Crippen LogP contribution in [0.1, 0.15) is 33.1 Å². The van der Waals surface area contributed by atoms with E-state index in [0.717, 1.165) is 5.56 Å². The van der Waals surface area contributed by atoms with Gasteiger partial charge < -0.3 is 15.0 Å². The fraction of sp³-hybridized carbons (Fsp3) is 0.500. The second-order valence-electron chi connectivity index (χ2n) is 6.13. The Morgan fingerprint density at radius 1 is 1.32 bits per heavy atom. The van der Waals surface area contributed by atoms with Gasteiger partial charge in [0.05, 0.1) is 6.10 Å². The second-order valence-corrected chi connectivity index (χ2v) is 6.13. The molecule has 0 bridgehead atoms. The van der Waals surface area contributed by atoms with Gasteiger partial charge in [-0.15, -0.1) is 12.4 Å². The Morgan fingerprint density at radius 3 is 2.59 bits per heavy atom. The first-order valence-electron chi connectivity index (χ1n) is 7.29. The fourth-order valence-corrected chi connectivity index (χ4v) is 2.91. The maximum Gasteiger partial charge on any atom is 0.247 e. The molecule has 2 atom stereocenters. The number of ether oxygens (including phenoxy) is 1. The standard InChI is InChI=1S/C16H21N3O2.ClH/c1-4-20-12-10-16(17,15(12,2)3)14-18-13(19-21-14)11-8-6-5-7-9-11;/h5-9,12H,4,10,17H2,1-3H3;1H. The lowest BCUT2D eigenvalue weighted by Crippen LogP contribution is -2.67. The summed E-state index contributed by atoms with van der Waals surface area (Å²) in [6.07, 6.45) is 0.823. The molecule has 1 heterocycles. The second kappa shape index (κ2) is 5.99. The summed E-state index contributed by atoms with van der Waals surface area (Å²) < 4.78 is 11.2. The molecule has 1 aromatic heterocycles. The van der Waals surface area contributed by atoms with Crippen molar-refractivity contribution >= 4 is 12.4 Å². The van der Waals surface area contributed by atoms with Crippen LogP contribution in [0.15, 0.2) is 34.9 Å². The van der Waals surface area contributed by atoms with Gasteiger partial charge in [0.1, 0.15) is 5.54 Å². The van der Waals surface area contributed by atoms with Gasteiger partial charge in [-0.3, -0.25) is 0 Å². The number of aromatic nitrogens is 2. The summed E-state index contributed by atoms with van der Waals surface area (Å²) in [6, 6.07) is 9.75. The van der Waals surface area contributed by atoms with Crippen molar-refractivity contribution in [2.45, 2.75) is 38.8 Å². The van der Waals surface area contributed by atoms with Gasteiger partial charge in [0.15, 0.2) is 0 Å². The largest absolute Gasteiger partial charge is 0.378 e. The molecule has 0 amide bonds. The molecule has 0 saturated heterocycles. The van der Waals surface area contributed by atoms with Gasteiger partial charge in [-0.2, -0.15) is 4.98 Å². The van der Waals surface area contributed by atoms with E-state index in [1.54, 1.807) is 0 Å². The van der Waals surface area contributed by atoms with Gasteiger partial charge in [0.25, 0.3) is 0 Å². The van der Waals surface area contributed by atoms with Crippen molar-refractivity contribution in [3.05, 3.63) is 36.2 Å². The molecule has 120 valence electrons. The van der Waals surface area contributed by atoms with Gasteiger partial charge >= 0.3 is 0 Å². The first kappa shape index (κ1) is 16.9. The zero-order chi connectivity index (χ0) is 15.1. The highest BCUT2D eigenvalue weighted by molar-refractivity contribution is 5.85. The zero-order valence-electron chi connectivity index (χ0n) is 13.1. The SMILES string of the molecule is CCOC1CC(N)(c2nc(-c3ccccc3)no2)C1(C)C.Cl. The monoisotopic (exact) mass is 323 g/mol. The van der Waals surface area contributed by atoms with Crippen molar-refractivity contribution in [1.82, 2.24) is 10.1 Å². The van der Waals surface area contributed by atoms with Crippen LogP contribution in [0.25, 0.3) is 11.4 Å². The maximum absolute atomic E-state index is 6.54. The topological polar surface area (TPSA) is 74.2 Å². The fourth-order valence-electron chi connectivity index (χ4n) is 2.91. The Morgan fingerprint density at radius 2 is 2.00 bits per heavy atom. The Bertz CT molecular complexity index is 629. The highest BCUT2D eigenvalue weighted by Gasteiger charge is 2.62. The van der Waals surface area contributed by atoms with Crippen molar-refractivity contribution in [2.75, 3.05) is 6.61 Å². The first-order valence-corrected chi connectivity index (χ1v) is 7.29. The molecular formula is C16H22ClN3O2. The van der Waals surface area contributed by atoms with Crippen LogP contribution in [0.2, 0.25) is 0 Å². The van der Waals surface area contributed by atoms with E-state index in [1.165, 1.54) is 0 Å². The molecule has 1 aromatic carbocycles. The molecule has 1 aliphatic rings. The third kappa shape index (κ3) is 2.43. The van der Waals surface area contributed by atoms with E-state index in [9.17, 15) is 0 Å². The van der Waals surface area contributed by atoms with Crippen LogP contribution in [0.4, 0.5) is 0 Å². The van der Waals surface area contributed by atoms with Crippen LogP contribution < -0.4 is 5.73 Å². The number of benzene rings is 1. The Labute approximate surface area is 136 Å². The predicted molar refractivity (Wildman–Crippen MR) is 86.7 cm³/mol. The van der Waals surface area contributed by atoms with Crippen molar-refractivity contribution in [3.63, 3.8) is 0 Å². The maximum atomic E-state index is 6.54. The molecule has 1 aliphatic carbocycles. The summed E-state index contributed by atoms with van der Waals surface area (Å²) in [4.78, 5) is 4.51. The third-order valence-electron chi connectivity index (χ3n) is 4.67. The number of nitrogens with two attached hydrogens (primary N) is 1. The van der Waals surface area contributed by atoms with Crippen LogP contribution >= 0.6 is 12.4 Å². The van der Waals surface area contributed by atoms with Gasteiger partial charge in [-0.25, -0.2) is 0 Å². The minimum Gasteiger partial charge on any atom is -0.378 e. The quantitative estimate of drug-likeness (QED) is 0.935. The zero-order valence-corrected chi connectivity index (χ0v) is 13.9. The van der Waals surface area contributed by atoms with E-state index in [-0.39, 0.29) is 23.9 Å². The first-order chi connectivity index (χ1) is 9.99. The van der Waals surface area contributed by atoms with E-state index >= 15 is 0 Å². The molecule has 22 heavy (non-hydrogen) atoms. The molecule has 3 rings (SSSR count). The molecule has 2 aromatic rings. The third-order valence-corrected chi connectivity index (χ3v) is 4.67. The summed E-state index contributed by atoms with van der Waals surface area (Å²) in [5.74, 6) is 1.06. The number of hydrogen-bond acceptors (Lipinski definition) is 5. The van der Waals surface area contributed by atoms with Crippen LogP contribution in [0, 0.1) is 5.41 Å². The molecule has 1 fully saturated rings. The highest BCUT2D eigenvalue weighted by atomic mass is 35.5. The minimum atomic E-state index is -0.632. The lowest BCUT2D eigenvalue weighted by atomic mass is 9.54. The summed E-state index contributed by atoms with van der Waals surface area (Å²) >= 11 is 0. The average molecular weight is 324 g/mol. The molecule has 0 spiro atoms. The Hall–Kier alpha value is -1.43. The van der Waals surface area contributed by atoms with Crippen molar-refractivity contribution in [3.8, 4) is 11.4 Å².